The summed E-state index contributed by atoms with van der Waals surface area (Å²) in [6, 6.07) is -1.03. The van der Waals surface area contributed by atoms with Crippen molar-refractivity contribution in [1.82, 2.24) is 15.8 Å². The maximum absolute atomic E-state index is 12.1. The Morgan fingerprint density at radius 3 is 2.27 bits per heavy atom. The summed E-state index contributed by atoms with van der Waals surface area (Å²) in [7, 11) is 0. The number of hydrogen-bond donors (Lipinski definition) is 4. The molecular weight excluding hydrogens is 316 g/mol. The van der Waals surface area contributed by atoms with Gasteiger partial charge in [0.2, 0.25) is 5.91 Å². The standard InChI is InChI=1S/C12H21ClN4O5/c1-7(2)5-8(15-12(21)22)11(20)16-17(10(19)6-13)4-3-9(14)18/h7-8,15H,3-6H2,1-2H3,(H2,14,18)(H,16,20)(H,21,22)/t8-/m0/s1. The van der Waals surface area contributed by atoms with Gasteiger partial charge in [-0.25, -0.2) is 4.79 Å². The number of amides is 4. The van der Waals surface area contributed by atoms with Crippen LogP contribution in [0.25, 0.3) is 0 Å². The number of nitrogens with zero attached hydrogens (tertiary/aromatic N) is 1. The van der Waals surface area contributed by atoms with Crippen LogP contribution in [0.1, 0.15) is 26.7 Å². The number of hydrazine groups is 1. The van der Waals surface area contributed by atoms with E-state index in [9.17, 15) is 19.2 Å². The lowest BCUT2D eigenvalue weighted by atomic mass is 10.0. The fraction of sp³-hybridized carbons (Fsp3) is 0.667. The SMILES string of the molecule is CC(C)C[C@H](NC(=O)O)C(=O)NN(CCC(N)=O)C(=O)CCl. The van der Waals surface area contributed by atoms with Crippen LogP contribution in [0.4, 0.5) is 4.79 Å². The Labute approximate surface area is 133 Å². The summed E-state index contributed by atoms with van der Waals surface area (Å²) < 4.78 is 0. The number of halogens is 1. The van der Waals surface area contributed by atoms with Gasteiger partial charge in [0.25, 0.3) is 11.8 Å². The Hall–Kier alpha value is -2.03. The molecule has 126 valence electrons. The fourth-order valence-corrected chi connectivity index (χ4v) is 1.74. The molecule has 0 aromatic carbocycles. The maximum atomic E-state index is 12.1. The van der Waals surface area contributed by atoms with E-state index in [2.05, 4.69) is 10.7 Å². The van der Waals surface area contributed by atoms with E-state index in [1.165, 1.54) is 0 Å². The Morgan fingerprint density at radius 1 is 1.27 bits per heavy atom. The molecule has 5 N–H and O–H groups in total. The summed E-state index contributed by atoms with van der Waals surface area (Å²) in [6.07, 6.45) is -1.27. The Morgan fingerprint density at radius 2 is 1.86 bits per heavy atom. The van der Waals surface area contributed by atoms with E-state index < -0.39 is 35.7 Å². The third-order valence-electron chi connectivity index (χ3n) is 2.56. The molecule has 0 rings (SSSR count). The molecular formula is C12H21ClN4O5. The van der Waals surface area contributed by atoms with E-state index in [0.29, 0.717) is 0 Å². The first-order valence-electron chi connectivity index (χ1n) is 6.62. The molecule has 22 heavy (non-hydrogen) atoms. The Balaban J connectivity index is 4.88. The van der Waals surface area contributed by atoms with Gasteiger partial charge in [0.05, 0.1) is 6.54 Å². The summed E-state index contributed by atoms with van der Waals surface area (Å²) in [4.78, 5) is 45.2. The van der Waals surface area contributed by atoms with Crippen LogP contribution >= 0.6 is 11.6 Å². The highest BCUT2D eigenvalue weighted by molar-refractivity contribution is 6.27. The number of alkyl halides is 1. The average Bonchev–Trinajstić information content (AvgIpc) is 2.40. The average molecular weight is 337 g/mol. The van der Waals surface area contributed by atoms with Crippen molar-refractivity contribution >= 4 is 35.4 Å². The van der Waals surface area contributed by atoms with Crippen LogP contribution in [-0.4, -0.2) is 52.4 Å². The quantitative estimate of drug-likeness (QED) is 0.354. The first-order valence-corrected chi connectivity index (χ1v) is 7.15. The van der Waals surface area contributed by atoms with Gasteiger partial charge in [0, 0.05) is 6.42 Å². The molecule has 10 heteroatoms. The number of carbonyl (C=O) groups excluding carboxylic acids is 3. The van der Waals surface area contributed by atoms with Gasteiger partial charge in [0.15, 0.2) is 0 Å². The smallest absolute Gasteiger partial charge is 0.405 e. The molecule has 0 saturated carbocycles. The molecule has 0 aromatic heterocycles. The summed E-state index contributed by atoms with van der Waals surface area (Å²) >= 11 is 5.43. The molecule has 4 amide bonds. The van der Waals surface area contributed by atoms with Crippen molar-refractivity contribution in [1.29, 1.82) is 0 Å². The summed E-state index contributed by atoms with van der Waals surface area (Å²) in [5.41, 5.74) is 7.25. The van der Waals surface area contributed by atoms with Crippen molar-refractivity contribution < 1.29 is 24.3 Å². The van der Waals surface area contributed by atoms with Crippen LogP contribution in [-0.2, 0) is 14.4 Å². The van der Waals surface area contributed by atoms with E-state index in [4.69, 9.17) is 22.4 Å². The van der Waals surface area contributed by atoms with Gasteiger partial charge in [-0.1, -0.05) is 13.8 Å². The number of nitrogens with two attached hydrogens (primary N) is 1. The number of rotatable bonds is 8. The third kappa shape index (κ3) is 8.30. The fourth-order valence-electron chi connectivity index (χ4n) is 1.60. The number of carbonyl (C=O) groups is 4. The van der Waals surface area contributed by atoms with Gasteiger partial charge in [0.1, 0.15) is 11.9 Å². The predicted molar refractivity (Wildman–Crippen MR) is 78.8 cm³/mol. The molecule has 0 aliphatic carbocycles. The van der Waals surface area contributed by atoms with E-state index in [1.54, 1.807) is 0 Å². The second-order valence-corrected chi connectivity index (χ2v) is 5.27. The number of nitrogens with one attached hydrogen (secondary N) is 2. The second-order valence-electron chi connectivity index (χ2n) is 5.00. The predicted octanol–water partition coefficient (Wildman–Crippen LogP) is -0.357. The van der Waals surface area contributed by atoms with Crippen LogP contribution in [0, 0.1) is 5.92 Å². The lowest BCUT2D eigenvalue weighted by molar-refractivity contribution is -0.141. The monoisotopic (exact) mass is 336 g/mol. The van der Waals surface area contributed by atoms with E-state index >= 15 is 0 Å². The molecule has 0 saturated heterocycles. The number of primary amides is 1. The Bertz CT molecular complexity index is 430. The molecule has 0 heterocycles. The number of hydrogen-bond acceptors (Lipinski definition) is 4. The van der Waals surface area contributed by atoms with Gasteiger partial charge in [-0.05, 0) is 12.3 Å². The lowest BCUT2D eigenvalue weighted by Crippen LogP contribution is -2.55. The van der Waals surface area contributed by atoms with Crippen molar-refractivity contribution in [3.8, 4) is 0 Å². The molecule has 0 aromatic rings. The molecule has 0 aliphatic rings. The molecule has 0 spiro atoms. The lowest BCUT2D eigenvalue weighted by Gasteiger charge is -2.25. The topological polar surface area (TPSA) is 142 Å². The molecule has 0 radical (unpaired) electrons. The highest BCUT2D eigenvalue weighted by Gasteiger charge is 2.25. The van der Waals surface area contributed by atoms with Crippen molar-refractivity contribution in [3.05, 3.63) is 0 Å². The molecule has 0 bridgehead atoms. The van der Waals surface area contributed by atoms with Crippen LogP contribution in [0.5, 0.6) is 0 Å². The highest BCUT2D eigenvalue weighted by Crippen LogP contribution is 2.05. The molecule has 9 nitrogen and oxygen atoms in total. The highest BCUT2D eigenvalue weighted by atomic mass is 35.5. The number of carboxylic acid groups (broad SMARTS) is 1. The summed E-state index contributed by atoms with van der Waals surface area (Å²) in [5, 5.41) is 11.7. The Kier molecular flexibility index (Phi) is 8.92. The zero-order chi connectivity index (χ0) is 17.3. The summed E-state index contributed by atoms with van der Waals surface area (Å²) in [5.74, 6) is -2.34. The molecule has 0 aliphatic heterocycles. The van der Waals surface area contributed by atoms with E-state index in [1.807, 2.05) is 13.8 Å². The zero-order valence-corrected chi connectivity index (χ0v) is 13.2. The minimum Gasteiger partial charge on any atom is -0.465 e. The zero-order valence-electron chi connectivity index (χ0n) is 12.5. The van der Waals surface area contributed by atoms with Crippen molar-refractivity contribution in [2.24, 2.45) is 11.7 Å². The van der Waals surface area contributed by atoms with Gasteiger partial charge < -0.3 is 16.2 Å². The van der Waals surface area contributed by atoms with Gasteiger partial charge >= 0.3 is 6.09 Å². The maximum Gasteiger partial charge on any atom is 0.405 e. The van der Waals surface area contributed by atoms with Crippen LogP contribution in [0.3, 0.4) is 0 Å². The van der Waals surface area contributed by atoms with E-state index in [0.717, 1.165) is 5.01 Å². The first-order chi connectivity index (χ1) is 10.2. The van der Waals surface area contributed by atoms with Crippen molar-refractivity contribution in [2.75, 3.05) is 12.4 Å². The van der Waals surface area contributed by atoms with Crippen LogP contribution in [0.2, 0.25) is 0 Å². The third-order valence-corrected chi connectivity index (χ3v) is 2.79. The van der Waals surface area contributed by atoms with Crippen LogP contribution < -0.4 is 16.5 Å². The van der Waals surface area contributed by atoms with Gasteiger partial charge in [-0.3, -0.25) is 24.8 Å². The normalized spacial score (nSPS) is 11.6. The molecule has 0 fully saturated rings. The van der Waals surface area contributed by atoms with Crippen molar-refractivity contribution in [3.63, 3.8) is 0 Å². The minimum atomic E-state index is -1.35. The summed E-state index contributed by atoms with van der Waals surface area (Å²) in [6.45, 7) is 3.49. The largest absolute Gasteiger partial charge is 0.465 e. The molecule has 0 unspecified atom stereocenters. The second kappa shape index (κ2) is 9.82. The van der Waals surface area contributed by atoms with Crippen LogP contribution in [0.15, 0.2) is 0 Å². The minimum absolute atomic E-state index is 0.0467. The van der Waals surface area contributed by atoms with Crippen molar-refractivity contribution in [2.45, 2.75) is 32.7 Å². The molecule has 1 atom stereocenters. The van der Waals surface area contributed by atoms with E-state index in [-0.39, 0.29) is 25.3 Å². The first kappa shape index (κ1) is 20.0. The van der Waals surface area contributed by atoms with Gasteiger partial charge in [-0.15, -0.1) is 11.6 Å². The van der Waals surface area contributed by atoms with Gasteiger partial charge in [-0.2, -0.15) is 0 Å².